The third-order valence-electron chi connectivity index (χ3n) is 3.27. The summed E-state index contributed by atoms with van der Waals surface area (Å²) in [6.07, 6.45) is 0.946. The van der Waals surface area contributed by atoms with E-state index >= 15 is 0 Å². The van der Waals surface area contributed by atoms with E-state index in [-0.39, 0.29) is 0 Å². The van der Waals surface area contributed by atoms with Gasteiger partial charge in [0.25, 0.3) is 0 Å². The van der Waals surface area contributed by atoms with Gasteiger partial charge in [-0.3, -0.25) is 0 Å². The largest absolute Gasteiger partial charge is 0.0843 e. The van der Waals surface area contributed by atoms with Crippen molar-refractivity contribution in [2.24, 2.45) is 0 Å². The average Bonchev–Trinajstić information content (AvgIpc) is 2.39. The number of halogens is 2. The molecule has 0 bridgehead atoms. The van der Waals surface area contributed by atoms with Crippen LogP contribution in [0.4, 0.5) is 0 Å². The van der Waals surface area contributed by atoms with Crippen molar-refractivity contribution in [3.05, 3.63) is 70.2 Å². The molecule has 0 heterocycles. The highest BCUT2D eigenvalue weighted by Gasteiger charge is 2.09. The predicted octanol–water partition coefficient (Wildman–Crippen LogP) is 6.14. The smallest absolute Gasteiger partial charge is 0.0435 e. The van der Waals surface area contributed by atoms with Gasteiger partial charge < -0.3 is 0 Å². The second-order valence-corrected chi connectivity index (χ2v) is 6.66. The number of hydrogen-bond acceptors (Lipinski definition) is 0. The number of alkyl halides is 1. The van der Waals surface area contributed by atoms with Gasteiger partial charge in [0, 0.05) is 9.85 Å². The van der Waals surface area contributed by atoms with Crippen LogP contribution in [-0.4, -0.2) is 0 Å². The highest BCUT2D eigenvalue weighted by Crippen LogP contribution is 2.29. The minimum atomic E-state index is 0.326. The molecular weight excluding hydrogens is 320 g/mol. The zero-order valence-electron chi connectivity index (χ0n) is 11.2. The Bertz CT molecular complexity index is 531. The SMILES string of the molecule is CC(C)c1ccc(C(Br)Cc2cccc(Cl)c2)cc1. The van der Waals surface area contributed by atoms with Crippen molar-refractivity contribution in [3.63, 3.8) is 0 Å². The van der Waals surface area contributed by atoms with Gasteiger partial charge in [-0.25, -0.2) is 0 Å². The number of rotatable bonds is 4. The van der Waals surface area contributed by atoms with Crippen LogP contribution in [0.25, 0.3) is 0 Å². The second kappa shape index (κ2) is 6.58. The summed E-state index contributed by atoms with van der Waals surface area (Å²) >= 11 is 9.78. The minimum absolute atomic E-state index is 0.326. The highest BCUT2D eigenvalue weighted by atomic mass is 79.9. The summed E-state index contributed by atoms with van der Waals surface area (Å²) in [5.41, 5.74) is 3.94. The Morgan fingerprint density at radius 3 is 2.21 bits per heavy atom. The van der Waals surface area contributed by atoms with Gasteiger partial charge in [0.1, 0.15) is 0 Å². The summed E-state index contributed by atoms with van der Waals surface area (Å²) in [7, 11) is 0. The standard InChI is InChI=1S/C17H18BrCl/c1-12(2)14-6-8-15(9-7-14)17(18)11-13-4-3-5-16(19)10-13/h3-10,12,17H,11H2,1-2H3. The van der Waals surface area contributed by atoms with Crippen molar-refractivity contribution in [1.29, 1.82) is 0 Å². The minimum Gasteiger partial charge on any atom is -0.0843 e. The predicted molar refractivity (Wildman–Crippen MR) is 87.4 cm³/mol. The molecule has 2 aromatic carbocycles. The molecule has 0 saturated carbocycles. The van der Waals surface area contributed by atoms with Crippen molar-refractivity contribution >= 4 is 27.5 Å². The summed E-state index contributed by atoms with van der Waals surface area (Å²) in [5, 5.41) is 0.798. The van der Waals surface area contributed by atoms with Gasteiger partial charge >= 0.3 is 0 Å². The fraction of sp³-hybridized carbons (Fsp3) is 0.294. The molecule has 0 radical (unpaired) electrons. The van der Waals surface area contributed by atoms with Crippen LogP contribution in [-0.2, 0) is 6.42 Å². The van der Waals surface area contributed by atoms with Crippen molar-refractivity contribution in [2.45, 2.75) is 31.0 Å². The first-order chi connectivity index (χ1) is 9.06. The Morgan fingerprint density at radius 2 is 1.63 bits per heavy atom. The molecule has 0 aliphatic rings. The van der Waals surface area contributed by atoms with Gasteiger partial charge in [0.05, 0.1) is 0 Å². The van der Waals surface area contributed by atoms with E-state index in [2.05, 4.69) is 60.1 Å². The molecule has 1 atom stereocenters. The Kier molecular flexibility index (Phi) is 5.06. The summed E-state index contributed by atoms with van der Waals surface area (Å²) in [5.74, 6) is 0.579. The fourth-order valence-corrected chi connectivity index (χ4v) is 2.97. The van der Waals surface area contributed by atoms with Crippen LogP contribution in [0, 0.1) is 0 Å². The molecule has 1 unspecified atom stereocenters. The lowest BCUT2D eigenvalue weighted by Gasteiger charge is -2.12. The molecule has 100 valence electrons. The first-order valence-electron chi connectivity index (χ1n) is 6.54. The quantitative estimate of drug-likeness (QED) is 0.588. The van der Waals surface area contributed by atoms with Crippen LogP contribution in [0.3, 0.4) is 0 Å². The summed E-state index contributed by atoms with van der Waals surface area (Å²) in [6.45, 7) is 4.43. The maximum absolute atomic E-state index is 6.01. The molecule has 0 amide bonds. The molecule has 0 saturated heterocycles. The summed E-state index contributed by atoms with van der Waals surface area (Å²) < 4.78 is 0. The van der Waals surface area contributed by atoms with Crippen LogP contribution >= 0.6 is 27.5 Å². The Balaban J connectivity index is 2.09. The van der Waals surface area contributed by atoms with E-state index in [9.17, 15) is 0 Å². The topological polar surface area (TPSA) is 0 Å². The molecule has 0 aromatic heterocycles. The van der Waals surface area contributed by atoms with E-state index in [1.165, 1.54) is 16.7 Å². The first-order valence-corrected chi connectivity index (χ1v) is 7.84. The van der Waals surface area contributed by atoms with Crippen molar-refractivity contribution < 1.29 is 0 Å². The van der Waals surface area contributed by atoms with Crippen molar-refractivity contribution in [1.82, 2.24) is 0 Å². The van der Waals surface area contributed by atoms with E-state index < -0.39 is 0 Å². The zero-order valence-corrected chi connectivity index (χ0v) is 13.6. The lowest BCUT2D eigenvalue weighted by atomic mass is 9.99. The molecule has 19 heavy (non-hydrogen) atoms. The normalized spacial score (nSPS) is 12.7. The molecule has 0 fully saturated rings. The molecule has 2 heteroatoms. The van der Waals surface area contributed by atoms with E-state index in [4.69, 9.17) is 11.6 Å². The fourth-order valence-electron chi connectivity index (χ4n) is 2.08. The zero-order chi connectivity index (χ0) is 13.8. The van der Waals surface area contributed by atoms with E-state index in [1.807, 2.05) is 18.2 Å². The van der Waals surface area contributed by atoms with Crippen LogP contribution < -0.4 is 0 Å². The van der Waals surface area contributed by atoms with E-state index in [0.29, 0.717) is 10.7 Å². The third-order valence-corrected chi connectivity index (χ3v) is 4.36. The van der Waals surface area contributed by atoms with Gasteiger partial charge in [0.2, 0.25) is 0 Å². The summed E-state index contributed by atoms with van der Waals surface area (Å²) in [4.78, 5) is 0.326. The average molecular weight is 338 g/mol. The van der Waals surface area contributed by atoms with Gasteiger partial charge in [0.15, 0.2) is 0 Å². The lowest BCUT2D eigenvalue weighted by Crippen LogP contribution is -1.96. The highest BCUT2D eigenvalue weighted by molar-refractivity contribution is 9.09. The molecule has 0 aliphatic carbocycles. The van der Waals surface area contributed by atoms with Crippen molar-refractivity contribution in [2.75, 3.05) is 0 Å². The van der Waals surface area contributed by atoms with Gasteiger partial charge in [-0.05, 0) is 41.2 Å². The Labute approximate surface area is 128 Å². The number of benzene rings is 2. The number of hydrogen-bond donors (Lipinski definition) is 0. The van der Waals surface area contributed by atoms with Crippen molar-refractivity contribution in [3.8, 4) is 0 Å². The maximum Gasteiger partial charge on any atom is 0.0435 e. The first kappa shape index (κ1) is 14.6. The maximum atomic E-state index is 6.01. The lowest BCUT2D eigenvalue weighted by molar-refractivity contribution is 0.862. The Hall–Kier alpha value is -0.790. The van der Waals surface area contributed by atoms with Crippen LogP contribution in [0.5, 0.6) is 0 Å². The van der Waals surface area contributed by atoms with Gasteiger partial charge in [-0.15, -0.1) is 0 Å². The molecule has 0 nitrogen and oxygen atoms in total. The molecule has 2 rings (SSSR count). The molecule has 0 spiro atoms. The third kappa shape index (κ3) is 4.09. The van der Waals surface area contributed by atoms with E-state index in [0.717, 1.165) is 11.4 Å². The van der Waals surface area contributed by atoms with Gasteiger partial charge in [-0.1, -0.05) is 77.8 Å². The van der Waals surface area contributed by atoms with Crippen LogP contribution in [0.15, 0.2) is 48.5 Å². The molecule has 0 aliphatic heterocycles. The molecule has 0 N–H and O–H groups in total. The monoisotopic (exact) mass is 336 g/mol. The Morgan fingerprint density at radius 1 is 1.00 bits per heavy atom. The van der Waals surface area contributed by atoms with Crippen LogP contribution in [0.1, 0.15) is 41.3 Å². The molecule has 2 aromatic rings. The van der Waals surface area contributed by atoms with Crippen LogP contribution in [0.2, 0.25) is 5.02 Å². The molecular formula is C17H18BrCl. The van der Waals surface area contributed by atoms with Gasteiger partial charge in [-0.2, -0.15) is 0 Å². The van der Waals surface area contributed by atoms with E-state index in [1.54, 1.807) is 0 Å². The summed E-state index contributed by atoms with van der Waals surface area (Å²) in [6, 6.07) is 16.9. The second-order valence-electron chi connectivity index (χ2n) is 5.12.